The molecule has 3 aromatic rings. The molecule has 2 aromatic carbocycles. The molecule has 6 nitrogen and oxygen atoms in total. The number of aromatic nitrogens is 2. The van der Waals surface area contributed by atoms with Crippen molar-refractivity contribution in [2.75, 3.05) is 12.8 Å². The Balaban J connectivity index is 1.83. The molecule has 0 aliphatic rings. The first-order chi connectivity index (χ1) is 13.4. The number of methoxy groups -OCH3 is 1. The predicted molar refractivity (Wildman–Crippen MR) is 111 cm³/mol. The van der Waals surface area contributed by atoms with Crippen LogP contribution in [-0.2, 0) is 16.6 Å². The van der Waals surface area contributed by atoms with Crippen molar-refractivity contribution in [1.82, 2.24) is 9.55 Å². The molecule has 28 heavy (non-hydrogen) atoms. The Hall–Kier alpha value is -3.28. The van der Waals surface area contributed by atoms with Gasteiger partial charge in [-0.25, -0.2) is 4.98 Å². The number of nitrogen functional groups attached to an aromatic ring is 1. The van der Waals surface area contributed by atoms with Crippen molar-refractivity contribution in [2.24, 2.45) is 7.05 Å². The summed E-state index contributed by atoms with van der Waals surface area (Å²) in [7, 11) is 3.28. The van der Waals surface area contributed by atoms with Crippen molar-refractivity contribution < 1.29 is 14.3 Å². The Morgan fingerprint density at radius 1 is 1.25 bits per heavy atom. The standard InChI is InChI=1S/C22H25N3O3/c1-14-12-16(8-5-6-11-19(26)27-4)13-15(2)21(14)28-18-10-7-9-17-20(18)24-22(23)25(17)3/h5,7-10,12-13H,6,11H2,1-4H3,(H2,23,24). The Morgan fingerprint density at radius 2 is 1.96 bits per heavy atom. The molecule has 0 bridgehead atoms. The summed E-state index contributed by atoms with van der Waals surface area (Å²) in [6.45, 7) is 4.03. The first kappa shape index (κ1) is 19.5. The Labute approximate surface area is 164 Å². The van der Waals surface area contributed by atoms with Gasteiger partial charge in [0.05, 0.1) is 12.6 Å². The average Bonchev–Trinajstić information content (AvgIpc) is 2.96. The van der Waals surface area contributed by atoms with Crippen LogP contribution in [0.1, 0.15) is 29.5 Å². The van der Waals surface area contributed by atoms with Crippen LogP contribution in [0.5, 0.6) is 11.5 Å². The van der Waals surface area contributed by atoms with Crippen molar-refractivity contribution in [2.45, 2.75) is 26.7 Å². The molecule has 3 rings (SSSR count). The number of rotatable bonds is 6. The summed E-state index contributed by atoms with van der Waals surface area (Å²) in [6, 6.07) is 9.91. The predicted octanol–water partition coefficient (Wildman–Crippen LogP) is 4.53. The summed E-state index contributed by atoms with van der Waals surface area (Å²) < 4.78 is 12.7. The van der Waals surface area contributed by atoms with Crippen molar-refractivity contribution in [1.29, 1.82) is 0 Å². The van der Waals surface area contributed by atoms with Gasteiger partial charge in [0.25, 0.3) is 0 Å². The summed E-state index contributed by atoms with van der Waals surface area (Å²) in [6.07, 6.45) is 5.01. The number of nitrogens with two attached hydrogens (primary N) is 1. The lowest BCUT2D eigenvalue weighted by molar-refractivity contribution is -0.140. The number of nitrogens with zero attached hydrogens (tertiary/aromatic N) is 2. The third-order valence-corrected chi connectivity index (χ3v) is 4.66. The van der Waals surface area contributed by atoms with E-state index in [9.17, 15) is 4.79 Å². The number of anilines is 1. The van der Waals surface area contributed by atoms with Crippen LogP contribution >= 0.6 is 0 Å². The first-order valence-electron chi connectivity index (χ1n) is 9.14. The van der Waals surface area contributed by atoms with E-state index in [1.165, 1.54) is 7.11 Å². The fourth-order valence-electron chi connectivity index (χ4n) is 3.16. The van der Waals surface area contributed by atoms with Gasteiger partial charge in [0, 0.05) is 13.5 Å². The van der Waals surface area contributed by atoms with Gasteiger partial charge in [0.1, 0.15) is 11.3 Å². The maximum atomic E-state index is 11.2. The number of imidazole rings is 1. The molecule has 0 saturated heterocycles. The van der Waals surface area contributed by atoms with Crippen molar-refractivity contribution >= 4 is 29.0 Å². The highest BCUT2D eigenvalue weighted by Crippen LogP contribution is 2.34. The van der Waals surface area contributed by atoms with E-state index in [2.05, 4.69) is 21.9 Å². The quantitative estimate of drug-likeness (QED) is 0.637. The number of carbonyl (C=O) groups excluding carboxylic acids is 1. The molecule has 0 radical (unpaired) electrons. The minimum absolute atomic E-state index is 0.204. The molecular weight excluding hydrogens is 354 g/mol. The van der Waals surface area contributed by atoms with Gasteiger partial charge in [-0.15, -0.1) is 0 Å². The molecule has 1 heterocycles. The minimum Gasteiger partial charge on any atom is -0.469 e. The van der Waals surface area contributed by atoms with Crippen LogP contribution in [0.15, 0.2) is 36.4 Å². The van der Waals surface area contributed by atoms with Gasteiger partial charge in [0.15, 0.2) is 5.75 Å². The molecule has 0 saturated carbocycles. The number of allylic oxidation sites excluding steroid dienone is 1. The second-order valence-electron chi connectivity index (χ2n) is 6.76. The summed E-state index contributed by atoms with van der Waals surface area (Å²) >= 11 is 0. The SMILES string of the molecule is COC(=O)CCC=Cc1cc(C)c(Oc2cccc3c2nc(N)n3C)c(C)c1. The van der Waals surface area contributed by atoms with Crippen LogP contribution in [0.3, 0.4) is 0 Å². The number of esters is 1. The van der Waals surface area contributed by atoms with E-state index in [0.717, 1.165) is 33.5 Å². The van der Waals surface area contributed by atoms with E-state index in [0.29, 0.717) is 24.5 Å². The van der Waals surface area contributed by atoms with E-state index in [1.807, 2.05) is 55.8 Å². The summed E-state index contributed by atoms with van der Waals surface area (Å²) in [5.74, 6) is 1.73. The van der Waals surface area contributed by atoms with E-state index < -0.39 is 0 Å². The van der Waals surface area contributed by atoms with Crippen LogP contribution in [0.25, 0.3) is 17.1 Å². The molecule has 0 fully saturated rings. The lowest BCUT2D eigenvalue weighted by atomic mass is 10.0. The molecular formula is C22H25N3O3. The third-order valence-electron chi connectivity index (χ3n) is 4.66. The maximum absolute atomic E-state index is 11.2. The Kier molecular flexibility index (Phi) is 5.68. The molecule has 0 spiro atoms. The molecule has 2 N–H and O–H groups in total. The zero-order chi connectivity index (χ0) is 20.3. The Bertz CT molecular complexity index is 1030. The number of hydrogen-bond acceptors (Lipinski definition) is 5. The fourth-order valence-corrected chi connectivity index (χ4v) is 3.16. The lowest BCUT2D eigenvalue weighted by Crippen LogP contribution is -1.98. The van der Waals surface area contributed by atoms with Crippen molar-refractivity contribution in [3.05, 3.63) is 53.1 Å². The minimum atomic E-state index is -0.204. The molecule has 146 valence electrons. The van der Waals surface area contributed by atoms with Crippen LogP contribution in [0, 0.1) is 13.8 Å². The molecule has 6 heteroatoms. The molecule has 0 amide bonds. The second-order valence-corrected chi connectivity index (χ2v) is 6.76. The van der Waals surface area contributed by atoms with Gasteiger partial charge in [-0.05, 0) is 61.2 Å². The Morgan fingerprint density at radius 3 is 2.64 bits per heavy atom. The summed E-state index contributed by atoms with van der Waals surface area (Å²) in [4.78, 5) is 15.6. The van der Waals surface area contributed by atoms with Crippen LogP contribution in [0.4, 0.5) is 5.95 Å². The monoisotopic (exact) mass is 379 g/mol. The van der Waals surface area contributed by atoms with Gasteiger partial charge < -0.3 is 19.8 Å². The maximum Gasteiger partial charge on any atom is 0.305 e. The van der Waals surface area contributed by atoms with Gasteiger partial charge in [0.2, 0.25) is 5.95 Å². The fraction of sp³-hybridized carbons (Fsp3) is 0.273. The molecule has 0 aliphatic heterocycles. The number of aryl methyl sites for hydroxylation is 3. The van der Waals surface area contributed by atoms with Gasteiger partial charge in [-0.3, -0.25) is 4.79 Å². The zero-order valence-corrected chi connectivity index (χ0v) is 16.7. The van der Waals surface area contributed by atoms with Crippen LogP contribution in [-0.4, -0.2) is 22.6 Å². The highest BCUT2D eigenvalue weighted by Gasteiger charge is 2.13. The van der Waals surface area contributed by atoms with Crippen LogP contribution in [0.2, 0.25) is 0 Å². The number of carbonyl (C=O) groups is 1. The summed E-state index contributed by atoms with van der Waals surface area (Å²) in [5.41, 5.74) is 10.7. The van der Waals surface area contributed by atoms with E-state index in [4.69, 9.17) is 10.5 Å². The van der Waals surface area contributed by atoms with Gasteiger partial charge in [-0.2, -0.15) is 0 Å². The molecule has 0 unspecified atom stereocenters. The number of para-hydroxylation sites is 1. The first-order valence-corrected chi connectivity index (χ1v) is 9.14. The van der Waals surface area contributed by atoms with E-state index >= 15 is 0 Å². The second kappa shape index (κ2) is 8.17. The van der Waals surface area contributed by atoms with Crippen molar-refractivity contribution in [3.8, 4) is 11.5 Å². The largest absolute Gasteiger partial charge is 0.469 e. The number of hydrogen-bond donors (Lipinski definition) is 1. The van der Waals surface area contributed by atoms with Gasteiger partial charge >= 0.3 is 5.97 Å². The smallest absolute Gasteiger partial charge is 0.305 e. The average molecular weight is 379 g/mol. The summed E-state index contributed by atoms with van der Waals surface area (Å²) in [5, 5.41) is 0. The number of benzene rings is 2. The topological polar surface area (TPSA) is 79.4 Å². The lowest BCUT2D eigenvalue weighted by Gasteiger charge is -2.13. The number of ether oxygens (including phenoxy) is 2. The molecule has 1 aromatic heterocycles. The zero-order valence-electron chi connectivity index (χ0n) is 16.7. The molecule has 0 aliphatic carbocycles. The third kappa shape index (κ3) is 4.01. The normalized spacial score (nSPS) is 11.3. The van der Waals surface area contributed by atoms with E-state index in [1.54, 1.807) is 0 Å². The van der Waals surface area contributed by atoms with E-state index in [-0.39, 0.29) is 5.97 Å². The van der Waals surface area contributed by atoms with Crippen LogP contribution < -0.4 is 10.5 Å². The molecule has 0 atom stereocenters. The highest BCUT2D eigenvalue weighted by molar-refractivity contribution is 5.84. The number of fused-ring (bicyclic) bond motifs is 1. The van der Waals surface area contributed by atoms with Gasteiger partial charge in [-0.1, -0.05) is 18.2 Å². The van der Waals surface area contributed by atoms with Crippen molar-refractivity contribution in [3.63, 3.8) is 0 Å². The highest BCUT2D eigenvalue weighted by atomic mass is 16.5.